The second-order valence-corrected chi connectivity index (χ2v) is 5.43. The standard InChI is InChI=1S/C16H20FN3O2/c1-4-20(9-15(21)18-10(2)3)16(22)14-8-11-12(17)6-5-7-13(11)19-14/h5-8,10,19H,4,9H2,1-3H3,(H,18,21). The van der Waals surface area contributed by atoms with Crippen LogP contribution in [0.15, 0.2) is 24.3 Å². The number of aromatic nitrogens is 1. The molecule has 2 aromatic rings. The molecule has 118 valence electrons. The maximum Gasteiger partial charge on any atom is 0.270 e. The lowest BCUT2D eigenvalue weighted by molar-refractivity contribution is -0.122. The Balaban J connectivity index is 2.19. The zero-order chi connectivity index (χ0) is 16.3. The highest BCUT2D eigenvalue weighted by Crippen LogP contribution is 2.19. The van der Waals surface area contributed by atoms with E-state index in [9.17, 15) is 14.0 Å². The van der Waals surface area contributed by atoms with Crippen LogP contribution in [-0.2, 0) is 4.79 Å². The van der Waals surface area contributed by atoms with Gasteiger partial charge in [0.2, 0.25) is 5.91 Å². The molecule has 2 N–H and O–H groups in total. The van der Waals surface area contributed by atoms with Crippen molar-refractivity contribution in [2.45, 2.75) is 26.8 Å². The van der Waals surface area contributed by atoms with Crippen LogP contribution in [0.25, 0.3) is 10.9 Å². The Morgan fingerprint density at radius 2 is 2.09 bits per heavy atom. The van der Waals surface area contributed by atoms with Crippen LogP contribution in [0.5, 0.6) is 0 Å². The van der Waals surface area contributed by atoms with Gasteiger partial charge in [0.25, 0.3) is 5.91 Å². The minimum Gasteiger partial charge on any atom is -0.352 e. The van der Waals surface area contributed by atoms with E-state index in [1.165, 1.54) is 17.0 Å². The summed E-state index contributed by atoms with van der Waals surface area (Å²) >= 11 is 0. The summed E-state index contributed by atoms with van der Waals surface area (Å²) in [7, 11) is 0. The highest BCUT2D eigenvalue weighted by atomic mass is 19.1. The van der Waals surface area contributed by atoms with E-state index in [-0.39, 0.29) is 35.9 Å². The Kier molecular flexibility index (Phi) is 4.80. The van der Waals surface area contributed by atoms with Crippen molar-refractivity contribution in [2.75, 3.05) is 13.1 Å². The smallest absolute Gasteiger partial charge is 0.270 e. The van der Waals surface area contributed by atoms with E-state index < -0.39 is 0 Å². The fraction of sp³-hybridized carbons (Fsp3) is 0.375. The molecule has 1 heterocycles. The number of likely N-dealkylation sites (N-methyl/N-ethyl adjacent to an activating group) is 1. The van der Waals surface area contributed by atoms with Gasteiger partial charge in [0, 0.05) is 23.5 Å². The summed E-state index contributed by atoms with van der Waals surface area (Å²) in [4.78, 5) is 28.6. The first-order chi connectivity index (χ1) is 10.4. The third kappa shape index (κ3) is 3.44. The summed E-state index contributed by atoms with van der Waals surface area (Å²) < 4.78 is 13.7. The molecular formula is C16H20FN3O2. The van der Waals surface area contributed by atoms with E-state index in [0.29, 0.717) is 17.4 Å². The number of halogens is 1. The first-order valence-electron chi connectivity index (χ1n) is 7.28. The van der Waals surface area contributed by atoms with Gasteiger partial charge in [0.05, 0.1) is 6.54 Å². The molecule has 1 aromatic carbocycles. The molecule has 1 aromatic heterocycles. The Labute approximate surface area is 128 Å². The van der Waals surface area contributed by atoms with Crippen LogP contribution in [0.3, 0.4) is 0 Å². The van der Waals surface area contributed by atoms with Crippen molar-refractivity contribution in [3.63, 3.8) is 0 Å². The van der Waals surface area contributed by atoms with E-state index in [2.05, 4.69) is 10.3 Å². The summed E-state index contributed by atoms with van der Waals surface area (Å²) in [6.07, 6.45) is 0. The molecule has 0 atom stereocenters. The van der Waals surface area contributed by atoms with E-state index in [1.54, 1.807) is 19.1 Å². The largest absolute Gasteiger partial charge is 0.352 e. The lowest BCUT2D eigenvalue weighted by atomic mass is 10.2. The van der Waals surface area contributed by atoms with Crippen LogP contribution in [0.2, 0.25) is 0 Å². The molecule has 22 heavy (non-hydrogen) atoms. The van der Waals surface area contributed by atoms with Gasteiger partial charge < -0.3 is 15.2 Å². The molecular weight excluding hydrogens is 285 g/mol. The fourth-order valence-corrected chi connectivity index (χ4v) is 2.27. The van der Waals surface area contributed by atoms with Crippen molar-refractivity contribution in [3.05, 3.63) is 35.8 Å². The quantitative estimate of drug-likeness (QED) is 0.890. The molecule has 0 saturated heterocycles. The summed E-state index contributed by atoms with van der Waals surface area (Å²) in [6, 6.07) is 6.13. The molecule has 2 amide bonds. The lowest BCUT2D eigenvalue weighted by Gasteiger charge is -2.20. The van der Waals surface area contributed by atoms with E-state index in [1.807, 2.05) is 13.8 Å². The minimum absolute atomic E-state index is 0.0171. The summed E-state index contributed by atoms with van der Waals surface area (Å²) in [5, 5.41) is 3.12. The van der Waals surface area contributed by atoms with E-state index >= 15 is 0 Å². The van der Waals surface area contributed by atoms with Gasteiger partial charge in [-0.2, -0.15) is 0 Å². The number of hydrogen-bond donors (Lipinski definition) is 2. The maximum atomic E-state index is 13.7. The number of H-pyrrole nitrogens is 1. The number of rotatable bonds is 5. The second kappa shape index (κ2) is 6.60. The Morgan fingerprint density at radius 3 is 2.68 bits per heavy atom. The van der Waals surface area contributed by atoms with Gasteiger partial charge in [-0.15, -0.1) is 0 Å². The van der Waals surface area contributed by atoms with Crippen molar-refractivity contribution in [3.8, 4) is 0 Å². The van der Waals surface area contributed by atoms with Crippen molar-refractivity contribution < 1.29 is 14.0 Å². The van der Waals surface area contributed by atoms with Crippen LogP contribution in [-0.4, -0.2) is 40.8 Å². The Morgan fingerprint density at radius 1 is 1.36 bits per heavy atom. The molecule has 0 aliphatic heterocycles. The summed E-state index contributed by atoms with van der Waals surface area (Å²) in [5.41, 5.74) is 0.838. The molecule has 2 rings (SSSR count). The molecule has 6 heteroatoms. The SMILES string of the molecule is CCN(CC(=O)NC(C)C)C(=O)c1cc2c(F)cccc2[nH]1. The normalized spacial score (nSPS) is 11.0. The number of benzene rings is 1. The maximum absolute atomic E-state index is 13.7. The van der Waals surface area contributed by atoms with Gasteiger partial charge in [0.1, 0.15) is 11.5 Å². The molecule has 0 spiro atoms. The molecule has 0 aliphatic rings. The highest BCUT2D eigenvalue weighted by molar-refractivity contribution is 5.99. The fourth-order valence-electron chi connectivity index (χ4n) is 2.27. The molecule has 5 nitrogen and oxygen atoms in total. The Bertz CT molecular complexity index is 694. The minimum atomic E-state index is -0.381. The zero-order valence-corrected chi connectivity index (χ0v) is 12.9. The molecule has 0 bridgehead atoms. The molecule has 0 saturated carbocycles. The van der Waals surface area contributed by atoms with Crippen LogP contribution in [0, 0.1) is 5.82 Å². The van der Waals surface area contributed by atoms with Gasteiger partial charge in [0.15, 0.2) is 0 Å². The molecule has 0 fully saturated rings. The van der Waals surface area contributed by atoms with Crippen LogP contribution in [0.1, 0.15) is 31.3 Å². The third-order valence-electron chi connectivity index (χ3n) is 3.29. The van der Waals surface area contributed by atoms with Crippen LogP contribution >= 0.6 is 0 Å². The number of fused-ring (bicyclic) bond motifs is 1. The second-order valence-electron chi connectivity index (χ2n) is 5.43. The average Bonchev–Trinajstić information content (AvgIpc) is 2.88. The number of amides is 2. The van der Waals surface area contributed by atoms with Gasteiger partial charge in [-0.3, -0.25) is 9.59 Å². The van der Waals surface area contributed by atoms with Crippen molar-refractivity contribution in [1.82, 2.24) is 15.2 Å². The predicted molar refractivity (Wildman–Crippen MR) is 83.1 cm³/mol. The monoisotopic (exact) mass is 305 g/mol. The number of carbonyl (C=O) groups excluding carboxylic acids is 2. The van der Waals surface area contributed by atoms with E-state index in [0.717, 1.165) is 0 Å². The zero-order valence-electron chi connectivity index (χ0n) is 12.9. The van der Waals surface area contributed by atoms with Crippen molar-refractivity contribution in [1.29, 1.82) is 0 Å². The predicted octanol–water partition coefficient (Wildman–Crippen LogP) is 2.29. The Hall–Kier alpha value is -2.37. The first kappa shape index (κ1) is 16.0. The average molecular weight is 305 g/mol. The topological polar surface area (TPSA) is 65.2 Å². The van der Waals surface area contributed by atoms with Crippen molar-refractivity contribution in [2.24, 2.45) is 0 Å². The third-order valence-corrected chi connectivity index (χ3v) is 3.29. The first-order valence-corrected chi connectivity index (χ1v) is 7.28. The highest BCUT2D eigenvalue weighted by Gasteiger charge is 2.20. The molecule has 0 unspecified atom stereocenters. The van der Waals surface area contributed by atoms with E-state index in [4.69, 9.17) is 0 Å². The van der Waals surface area contributed by atoms with Crippen LogP contribution in [0.4, 0.5) is 4.39 Å². The van der Waals surface area contributed by atoms with Gasteiger partial charge >= 0.3 is 0 Å². The summed E-state index contributed by atoms with van der Waals surface area (Å²) in [6.45, 7) is 5.88. The van der Waals surface area contributed by atoms with Gasteiger partial charge in [-0.1, -0.05) is 6.07 Å². The van der Waals surface area contributed by atoms with Crippen LogP contribution < -0.4 is 5.32 Å². The van der Waals surface area contributed by atoms with Gasteiger partial charge in [-0.05, 0) is 39.0 Å². The molecule has 0 radical (unpaired) electrons. The number of nitrogens with zero attached hydrogens (tertiary/aromatic N) is 1. The molecule has 0 aliphatic carbocycles. The lowest BCUT2D eigenvalue weighted by Crippen LogP contribution is -2.42. The van der Waals surface area contributed by atoms with Crippen molar-refractivity contribution >= 4 is 22.7 Å². The van der Waals surface area contributed by atoms with Gasteiger partial charge in [-0.25, -0.2) is 4.39 Å². The number of hydrogen-bond acceptors (Lipinski definition) is 2. The number of nitrogens with one attached hydrogen (secondary N) is 2. The summed E-state index contributed by atoms with van der Waals surface area (Å²) in [5.74, 6) is -0.919. The number of carbonyl (C=O) groups is 2. The number of aromatic amines is 1.